The Balaban J connectivity index is 2.55. The first-order valence-corrected chi connectivity index (χ1v) is 4.98. The molecule has 0 aliphatic rings. The number of carbonyl (C=O) groups excluding carboxylic acids is 1. The number of carbonyl (C=O) groups is 1. The maximum Gasteiger partial charge on any atom is 0.185 e. The predicted octanol–water partition coefficient (Wildman–Crippen LogP) is 1.02. The van der Waals surface area contributed by atoms with Crippen LogP contribution in [0.25, 0.3) is 5.82 Å². The van der Waals surface area contributed by atoms with Gasteiger partial charge in [-0.1, -0.05) is 0 Å². The molecule has 0 fully saturated rings. The van der Waals surface area contributed by atoms with Crippen molar-refractivity contribution in [3.8, 4) is 5.82 Å². The second-order valence-corrected chi connectivity index (χ2v) is 4.05. The van der Waals surface area contributed by atoms with Crippen LogP contribution in [-0.2, 0) is 7.05 Å². The average Bonchev–Trinajstić information content (AvgIpc) is 2.71. The van der Waals surface area contributed by atoms with Gasteiger partial charge in [-0.05, 0) is 22.6 Å². The van der Waals surface area contributed by atoms with E-state index in [0.29, 0.717) is 11.4 Å². The summed E-state index contributed by atoms with van der Waals surface area (Å²) in [6, 6.07) is 0. The molecule has 5 nitrogen and oxygen atoms in total. The molecule has 0 bridgehead atoms. The largest absolute Gasteiger partial charge is 0.298 e. The fourth-order valence-electron chi connectivity index (χ4n) is 1.17. The molecule has 0 N–H and O–H groups in total. The van der Waals surface area contributed by atoms with Crippen molar-refractivity contribution >= 4 is 28.9 Å². The van der Waals surface area contributed by atoms with E-state index in [1.807, 2.05) is 6.20 Å². The topological polar surface area (TPSA) is 52.7 Å². The standard InChI is InChI=1S/C8H7IN4O/c1-12-3-6(5-14)8(11-12)13-4-7(9)2-10-13/h2-5H,1H3. The van der Waals surface area contributed by atoms with Crippen LogP contribution in [0.5, 0.6) is 0 Å². The SMILES string of the molecule is Cn1cc(C=O)c(-n2cc(I)cn2)n1. The molecule has 2 rings (SSSR count). The lowest BCUT2D eigenvalue weighted by molar-refractivity contribution is 0.112. The number of aldehydes is 1. The third-order valence-electron chi connectivity index (χ3n) is 1.73. The van der Waals surface area contributed by atoms with Gasteiger partial charge in [-0.2, -0.15) is 10.2 Å². The van der Waals surface area contributed by atoms with Crippen LogP contribution in [0.3, 0.4) is 0 Å². The summed E-state index contributed by atoms with van der Waals surface area (Å²) in [4.78, 5) is 10.7. The molecule has 0 radical (unpaired) electrons. The Morgan fingerprint density at radius 2 is 2.29 bits per heavy atom. The summed E-state index contributed by atoms with van der Waals surface area (Å²) in [5, 5.41) is 8.23. The Hall–Kier alpha value is -1.18. The van der Waals surface area contributed by atoms with Crippen molar-refractivity contribution in [1.29, 1.82) is 0 Å². The Kier molecular flexibility index (Phi) is 2.36. The van der Waals surface area contributed by atoms with Gasteiger partial charge in [0.15, 0.2) is 12.1 Å². The minimum Gasteiger partial charge on any atom is -0.298 e. The molecule has 0 atom stereocenters. The van der Waals surface area contributed by atoms with Crippen LogP contribution in [0, 0.1) is 3.57 Å². The van der Waals surface area contributed by atoms with E-state index in [4.69, 9.17) is 0 Å². The summed E-state index contributed by atoms with van der Waals surface area (Å²) in [5.74, 6) is 0.561. The highest BCUT2D eigenvalue weighted by molar-refractivity contribution is 14.1. The van der Waals surface area contributed by atoms with E-state index in [2.05, 4.69) is 32.8 Å². The van der Waals surface area contributed by atoms with Gasteiger partial charge >= 0.3 is 0 Å². The van der Waals surface area contributed by atoms with E-state index in [1.165, 1.54) is 0 Å². The van der Waals surface area contributed by atoms with Crippen LogP contribution in [0.4, 0.5) is 0 Å². The van der Waals surface area contributed by atoms with E-state index in [0.717, 1.165) is 9.86 Å². The maximum absolute atomic E-state index is 10.7. The number of aryl methyl sites for hydroxylation is 1. The smallest absolute Gasteiger partial charge is 0.185 e. The molecule has 0 aliphatic heterocycles. The summed E-state index contributed by atoms with van der Waals surface area (Å²) < 4.78 is 4.18. The lowest BCUT2D eigenvalue weighted by atomic mass is 10.4. The van der Waals surface area contributed by atoms with Gasteiger partial charge in [0.1, 0.15) is 0 Å². The molecule has 0 aromatic carbocycles. The second kappa shape index (κ2) is 3.52. The van der Waals surface area contributed by atoms with Crippen molar-refractivity contribution in [2.24, 2.45) is 7.05 Å². The van der Waals surface area contributed by atoms with Gasteiger partial charge < -0.3 is 0 Å². The van der Waals surface area contributed by atoms with Gasteiger partial charge in [0.05, 0.1) is 15.3 Å². The predicted molar refractivity (Wildman–Crippen MR) is 58.4 cm³/mol. The zero-order valence-electron chi connectivity index (χ0n) is 7.38. The first-order chi connectivity index (χ1) is 6.70. The molecular weight excluding hydrogens is 295 g/mol. The van der Waals surface area contributed by atoms with Gasteiger partial charge in [-0.25, -0.2) is 4.68 Å². The summed E-state index contributed by atoms with van der Waals surface area (Å²) in [6.07, 6.45) is 5.97. The second-order valence-electron chi connectivity index (χ2n) is 2.80. The van der Waals surface area contributed by atoms with Gasteiger partial charge in [-0.15, -0.1) is 0 Å². The quantitative estimate of drug-likeness (QED) is 0.615. The van der Waals surface area contributed by atoms with Crippen LogP contribution in [0.2, 0.25) is 0 Å². The van der Waals surface area contributed by atoms with E-state index < -0.39 is 0 Å². The van der Waals surface area contributed by atoms with Gasteiger partial charge in [0.25, 0.3) is 0 Å². The molecule has 0 aliphatic carbocycles. The number of hydrogen-bond acceptors (Lipinski definition) is 3. The minimum atomic E-state index is 0.534. The van der Waals surface area contributed by atoms with Crippen molar-refractivity contribution < 1.29 is 4.79 Å². The normalized spacial score (nSPS) is 10.4. The van der Waals surface area contributed by atoms with Crippen LogP contribution in [0.1, 0.15) is 10.4 Å². The molecule has 72 valence electrons. The third kappa shape index (κ3) is 1.57. The molecule has 0 saturated heterocycles. The Labute approximate surface area is 93.9 Å². The van der Waals surface area contributed by atoms with E-state index in [-0.39, 0.29) is 0 Å². The molecule has 0 amide bonds. The first-order valence-electron chi connectivity index (χ1n) is 3.90. The van der Waals surface area contributed by atoms with Gasteiger partial charge in [-0.3, -0.25) is 9.48 Å². The minimum absolute atomic E-state index is 0.534. The van der Waals surface area contributed by atoms with E-state index in [1.54, 1.807) is 28.8 Å². The molecule has 2 heterocycles. The fraction of sp³-hybridized carbons (Fsp3) is 0.125. The Morgan fingerprint density at radius 3 is 2.86 bits per heavy atom. The Morgan fingerprint density at radius 1 is 1.50 bits per heavy atom. The first kappa shape index (κ1) is 9.38. The van der Waals surface area contributed by atoms with Crippen molar-refractivity contribution in [1.82, 2.24) is 19.6 Å². The maximum atomic E-state index is 10.7. The lowest BCUT2D eigenvalue weighted by Crippen LogP contribution is -1.99. The highest BCUT2D eigenvalue weighted by atomic mass is 127. The number of hydrogen-bond donors (Lipinski definition) is 0. The zero-order valence-corrected chi connectivity index (χ0v) is 9.54. The van der Waals surface area contributed by atoms with E-state index in [9.17, 15) is 4.79 Å². The van der Waals surface area contributed by atoms with Crippen molar-refractivity contribution in [2.75, 3.05) is 0 Å². The van der Waals surface area contributed by atoms with Crippen molar-refractivity contribution in [3.05, 3.63) is 27.7 Å². The molecule has 2 aromatic rings. The van der Waals surface area contributed by atoms with Gasteiger partial charge in [0.2, 0.25) is 0 Å². The van der Waals surface area contributed by atoms with Crippen LogP contribution < -0.4 is 0 Å². The zero-order chi connectivity index (χ0) is 10.1. The molecule has 6 heteroatoms. The highest BCUT2D eigenvalue weighted by Crippen LogP contribution is 2.11. The molecule has 2 aromatic heterocycles. The molecule has 0 unspecified atom stereocenters. The molecule has 0 spiro atoms. The van der Waals surface area contributed by atoms with Crippen LogP contribution >= 0.6 is 22.6 Å². The summed E-state index contributed by atoms with van der Waals surface area (Å²) in [6.45, 7) is 0. The molecular formula is C8H7IN4O. The molecule has 14 heavy (non-hydrogen) atoms. The summed E-state index contributed by atoms with van der Waals surface area (Å²) >= 11 is 2.15. The monoisotopic (exact) mass is 302 g/mol. The Bertz CT molecular complexity index is 473. The van der Waals surface area contributed by atoms with E-state index >= 15 is 0 Å². The fourth-order valence-corrected chi connectivity index (χ4v) is 1.56. The van der Waals surface area contributed by atoms with Crippen LogP contribution in [0.15, 0.2) is 18.6 Å². The molecule has 0 saturated carbocycles. The number of halogens is 1. The van der Waals surface area contributed by atoms with Gasteiger partial charge in [0, 0.05) is 19.4 Å². The van der Waals surface area contributed by atoms with Crippen molar-refractivity contribution in [2.45, 2.75) is 0 Å². The summed E-state index contributed by atoms with van der Waals surface area (Å²) in [7, 11) is 1.77. The third-order valence-corrected chi connectivity index (χ3v) is 2.29. The number of aromatic nitrogens is 4. The van der Waals surface area contributed by atoms with Crippen LogP contribution in [-0.4, -0.2) is 25.8 Å². The highest BCUT2D eigenvalue weighted by Gasteiger charge is 2.09. The number of rotatable bonds is 2. The summed E-state index contributed by atoms with van der Waals surface area (Å²) in [5.41, 5.74) is 0.534. The van der Waals surface area contributed by atoms with Crippen molar-refractivity contribution in [3.63, 3.8) is 0 Å². The lowest BCUT2D eigenvalue weighted by Gasteiger charge is -1.94. The number of nitrogens with zero attached hydrogens (tertiary/aromatic N) is 4. The average molecular weight is 302 g/mol.